The van der Waals surface area contributed by atoms with Gasteiger partial charge in [-0.25, -0.2) is 31.6 Å². The van der Waals surface area contributed by atoms with Crippen LogP contribution in [-0.4, -0.2) is 57.3 Å². The molecule has 9 nitrogen and oxygen atoms in total. The average molecular weight is 522 g/mol. The Hall–Kier alpha value is -3.48. The molecule has 2 aromatic heterocycles. The Kier molecular flexibility index (Phi) is 5.58. The van der Waals surface area contributed by atoms with Crippen molar-refractivity contribution in [3.8, 4) is 0 Å². The van der Waals surface area contributed by atoms with Crippen LogP contribution < -0.4 is 10.9 Å². The quantitative estimate of drug-likeness (QED) is 0.549. The van der Waals surface area contributed by atoms with Crippen LogP contribution >= 0.6 is 0 Å². The summed E-state index contributed by atoms with van der Waals surface area (Å²) in [6.45, 7) is 1.90. The van der Waals surface area contributed by atoms with E-state index in [2.05, 4.69) is 15.3 Å². The Balaban J connectivity index is 1.52. The van der Waals surface area contributed by atoms with Gasteiger partial charge in [-0.15, -0.1) is 0 Å². The number of aromatic nitrogens is 3. The number of likely N-dealkylation sites (tertiary alicyclic amines) is 1. The van der Waals surface area contributed by atoms with E-state index in [1.165, 1.54) is 41.0 Å². The minimum Gasteiger partial charge on any atom is -0.363 e. The second-order valence-electron chi connectivity index (χ2n) is 9.26. The number of benzene rings is 1. The van der Waals surface area contributed by atoms with E-state index in [0.29, 0.717) is 13.0 Å². The Morgan fingerprint density at radius 3 is 2.50 bits per heavy atom. The van der Waals surface area contributed by atoms with E-state index < -0.39 is 50.7 Å². The van der Waals surface area contributed by atoms with Crippen LogP contribution in [0.4, 0.5) is 19.0 Å². The molecule has 36 heavy (non-hydrogen) atoms. The van der Waals surface area contributed by atoms with Crippen molar-refractivity contribution in [3.63, 3.8) is 0 Å². The molecule has 0 saturated carbocycles. The Bertz CT molecular complexity index is 1560. The number of fused-ring (bicyclic) bond motifs is 1. The summed E-state index contributed by atoms with van der Waals surface area (Å²) in [6, 6.07) is 4.26. The van der Waals surface area contributed by atoms with Crippen molar-refractivity contribution < 1.29 is 26.4 Å². The fourth-order valence-electron chi connectivity index (χ4n) is 4.97. The second kappa shape index (κ2) is 8.29. The largest absolute Gasteiger partial charge is 0.363 e. The first-order chi connectivity index (χ1) is 16.9. The molecular weight excluding hydrogens is 499 g/mol. The van der Waals surface area contributed by atoms with Gasteiger partial charge in [0.1, 0.15) is 29.2 Å². The maximum atomic E-state index is 14.7. The lowest BCUT2D eigenvalue weighted by Crippen LogP contribution is -2.74. The molecule has 190 valence electrons. The molecule has 1 aromatic carbocycles. The zero-order valence-electron chi connectivity index (χ0n) is 19.3. The molecule has 0 unspecified atom stereocenters. The summed E-state index contributed by atoms with van der Waals surface area (Å²) in [6.07, 6.45) is -1.24. The smallest absolute Gasteiger partial charge is 0.266 e. The predicted octanol–water partition coefficient (Wildman–Crippen LogP) is 2.59. The molecule has 0 radical (unpaired) electrons. The Morgan fingerprint density at radius 1 is 1.19 bits per heavy atom. The molecular formula is C23H22F3N5O4S. The third-order valence-electron chi connectivity index (χ3n) is 6.94. The Labute approximate surface area is 203 Å². The first-order valence-corrected chi connectivity index (χ1v) is 13.0. The van der Waals surface area contributed by atoms with Crippen LogP contribution in [0.1, 0.15) is 47.3 Å². The topological polar surface area (TPSA) is 114 Å². The molecule has 2 aliphatic rings. The number of hydrogen-bond donors (Lipinski definition) is 1. The van der Waals surface area contributed by atoms with Gasteiger partial charge in [-0.05, 0) is 19.4 Å². The molecule has 1 N–H and O–H groups in total. The molecule has 5 rings (SSSR count). The van der Waals surface area contributed by atoms with Gasteiger partial charge in [-0.2, -0.15) is 0 Å². The second-order valence-corrected chi connectivity index (χ2v) is 11.3. The summed E-state index contributed by atoms with van der Waals surface area (Å²) >= 11 is 0. The van der Waals surface area contributed by atoms with Gasteiger partial charge in [0.2, 0.25) is 0 Å². The van der Waals surface area contributed by atoms with E-state index in [1.807, 2.05) is 0 Å². The van der Waals surface area contributed by atoms with E-state index in [4.69, 9.17) is 0 Å². The monoisotopic (exact) mass is 521 g/mol. The van der Waals surface area contributed by atoms with Crippen molar-refractivity contribution in [2.75, 3.05) is 23.4 Å². The number of nitrogens with one attached hydrogen (secondary N) is 1. The fourth-order valence-corrected chi connectivity index (χ4v) is 7.12. The standard InChI is InChI=1S/C23H22F3N5O4S/c1-12(13-4-3-5-14(17(13)24)18(25)26)29-19-15-8-16(21(32)30(2)20(15)28-11-27-19)22(33)31-7-6-23(31)9-36(34,35)10-23/h3-5,8,11-12,18H,6-7,9-10H2,1-2H3,(H,27,28,29)/t12-/m1/s1. The highest BCUT2D eigenvalue weighted by atomic mass is 32.2. The minimum absolute atomic E-state index is 0.00519. The van der Waals surface area contributed by atoms with Crippen LogP contribution in [0.2, 0.25) is 0 Å². The maximum absolute atomic E-state index is 14.7. The molecule has 1 atom stereocenters. The maximum Gasteiger partial charge on any atom is 0.266 e. The minimum atomic E-state index is -3.19. The number of alkyl halides is 2. The molecule has 4 heterocycles. The van der Waals surface area contributed by atoms with Gasteiger partial charge in [0.25, 0.3) is 17.9 Å². The molecule has 3 aromatic rings. The number of pyridine rings is 1. The highest BCUT2D eigenvalue weighted by Crippen LogP contribution is 2.41. The predicted molar refractivity (Wildman–Crippen MR) is 125 cm³/mol. The van der Waals surface area contributed by atoms with Crippen LogP contribution in [0.3, 0.4) is 0 Å². The number of carbonyl (C=O) groups excluding carboxylic acids is 1. The zero-order valence-corrected chi connectivity index (χ0v) is 20.2. The van der Waals surface area contributed by atoms with Crippen LogP contribution in [0.5, 0.6) is 0 Å². The van der Waals surface area contributed by atoms with Crippen molar-refractivity contribution in [2.45, 2.75) is 31.4 Å². The number of aryl methyl sites for hydroxylation is 1. The Morgan fingerprint density at radius 2 is 1.89 bits per heavy atom. The van der Waals surface area contributed by atoms with E-state index in [1.54, 1.807) is 6.92 Å². The van der Waals surface area contributed by atoms with Gasteiger partial charge in [0.05, 0.1) is 34.0 Å². The highest BCUT2D eigenvalue weighted by molar-refractivity contribution is 7.93. The number of carbonyl (C=O) groups is 1. The lowest BCUT2D eigenvalue weighted by molar-refractivity contribution is 0.0121. The fraction of sp³-hybridized carbons (Fsp3) is 0.391. The summed E-state index contributed by atoms with van der Waals surface area (Å²) in [7, 11) is -1.76. The molecule has 2 aliphatic heterocycles. The summed E-state index contributed by atoms with van der Waals surface area (Å²) in [4.78, 5) is 36.0. The third-order valence-corrected chi connectivity index (χ3v) is 8.90. The highest BCUT2D eigenvalue weighted by Gasteiger charge is 2.59. The van der Waals surface area contributed by atoms with Crippen LogP contribution in [0.25, 0.3) is 11.0 Å². The van der Waals surface area contributed by atoms with Crippen molar-refractivity contribution in [1.82, 2.24) is 19.4 Å². The molecule has 1 spiro atoms. The van der Waals surface area contributed by atoms with Crippen molar-refractivity contribution in [1.29, 1.82) is 0 Å². The van der Waals surface area contributed by atoms with E-state index in [0.717, 1.165) is 6.07 Å². The summed E-state index contributed by atoms with van der Waals surface area (Å²) in [5.41, 5.74) is -2.08. The van der Waals surface area contributed by atoms with Gasteiger partial charge in [0.15, 0.2) is 9.84 Å². The molecule has 2 saturated heterocycles. The number of hydrogen-bond acceptors (Lipinski definition) is 7. The average Bonchev–Trinajstić information content (AvgIpc) is 2.78. The van der Waals surface area contributed by atoms with Gasteiger partial charge >= 0.3 is 0 Å². The van der Waals surface area contributed by atoms with E-state index >= 15 is 0 Å². The van der Waals surface area contributed by atoms with Gasteiger partial charge in [-0.3, -0.25) is 14.2 Å². The lowest BCUT2D eigenvalue weighted by Gasteiger charge is -2.57. The van der Waals surface area contributed by atoms with E-state index in [9.17, 15) is 31.2 Å². The number of anilines is 1. The van der Waals surface area contributed by atoms with Gasteiger partial charge in [-0.1, -0.05) is 18.2 Å². The summed E-state index contributed by atoms with van der Waals surface area (Å²) < 4.78 is 65.7. The first kappa shape index (κ1) is 24.2. The number of sulfone groups is 1. The summed E-state index contributed by atoms with van der Waals surface area (Å²) in [5.74, 6) is -1.71. The van der Waals surface area contributed by atoms with Gasteiger partial charge in [0, 0.05) is 19.2 Å². The molecule has 0 bridgehead atoms. The molecule has 2 fully saturated rings. The van der Waals surface area contributed by atoms with Crippen LogP contribution in [0, 0.1) is 5.82 Å². The number of amides is 1. The van der Waals surface area contributed by atoms with Crippen molar-refractivity contribution >= 4 is 32.6 Å². The van der Waals surface area contributed by atoms with Crippen LogP contribution in [-0.2, 0) is 16.9 Å². The van der Waals surface area contributed by atoms with Crippen molar-refractivity contribution in [3.05, 3.63) is 63.5 Å². The van der Waals surface area contributed by atoms with Gasteiger partial charge < -0.3 is 10.2 Å². The molecule has 13 heteroatoms. The lowest BCUT2D eigenvalue weighted by atomic mass is 9.86. The zero-order chi connectivity index (χ0) is 26.0. The SMILES string of the molecule is C[C@@H](Nc1ncnc2c1cc(C(=O)N1CCC13CS(=O)(=O)C3)c(=O)n2C)c1cccc(C(F)F)c1F. The first-order valence-electron chi connectivity index (χ1n) is 11.1. The van der Waals surface area contributed by atoms with Crippen molar-refractivity contribution in [2.24, 2.45) is 7.05 Å². The van der Waals surface area contributed by atoms with Crippen LogP contribution in [0.15, 0.2) is 35.4 Å². The molecule has 0 aliphatic carbocycles. The number of halogens is 3. The third kappa shape index (κ3) is 3.72. The summed E-state index contributed by atoms with van der Waals surface area (Å²) in [5, 5.41) is 3.26. The number of nitrogens with zero attached hydrogens (tertiary/aromatic N) is 4. The normalized spacial score (nSPS) is 18.7. The van der Waals surface area contributed by atoms with E-state index in [-0.39, 0.29) is 39.5 Å². The molecule has 1 amide bonds. The number of rotatable bonds is 5.